The minimum absolute atomic E-state index is 0.0701. The number of likely N-dealkylation sites (tertiary alicyclic amines) is 1. The number of carboxylic acid groups (broad SMARTS) is 1. The number of benzene rings is 1. The average Bonchev–Trinajstić information content (AvgIpc) is 2.71. The van der Waals surface area contributed by atoms with Crippen LogP contribution in [0.2, 0.25) is 0 Å². The van der Waals surface area contributed by atoms with Gasteiger partial charge in [-0.25, -0.2) is 8.78 Å². The molecule has 5 nitrogen and oxygen atoms in total. The molecule has 0 radical (unpaired) electrons. The number of carbonyl (C=O) groups is 2. The molecule has 0 bridgehead atoms. The van der Waals surface area contributed by atoms with E-state index < -0.39 is 17.6 Å². The van der Waals surface area contributed by atoms with Crippen molar-refractivity contribution >= 4 is 11.9 Å². The maximum absolute atomic E-state index is 13.4. The lowest BCUT2D eigenvalue weighted by molar-refractivity contribution is -0.138. The Kier molecular flexibility index (Phi) is 5.90. The molecule has 1 aromatic carbocycles. The maximum atomic E-state index is 13.4. The second-order valence-electron chi connectivity index (χ2n) is 5.64. The highest BCUT2D eigenvalue weighted by Gasteiger charge is 2.22. The summed E-state index contributed by atoms with van der Waals surface area (Å²) in [7, 11) is 0. The van der Waals surface area contributed by atoms with E-state index in [1.165, 1.54) is 0 Å². The summed E-state index contributed by atoms with van der Waals surface area (Å²) >= 11 is 0. The molecule has 0 aliphatic carbocycles. The predicted molar refractivity (Wildman–Crippen MR) is 78.0 cm³/mol. The summed E-state index contributed by atoms with van der Waals surface area (Å²) < 4.78 is 31.3. The first-order valence-electron chi connectivity index (χ1n) is 7.53. The van der Waals surface area contributed by atoms with Crippen molar-refractivity contribution in [2.75, 3.05) is 19.7 Å². The highest BCUT2D eigenvalue weighted by Crippen LogP contribution is 2.21. The van der Waals surface area contributed by atoms with Crippen LogP contribution in [0.15, 0.2) is 18.2 Å². The third-order valence-electron chi connectivity index (χ3n) is 3.91. The summed E-state index contributed by atoms with van der Waals surface area (Å²) in [4.78, 5) is 24.5. The highest BCUT2D eigenvalue weighted by atomic mass is 19.1. The van der Waals surface area contributed by atoms with Crippen molar-refractivity contribution in [3.63, 3.8) is 0 Å². The van der Waals surface area contributed by atoms with Crippen LogP contribution in [0.1, 0.15) is 25.7 Å². The standard InChI is InChI=1S/C16H19F2NO4/c17-12-3-4-14(13(18)9-12)23-10-15(20)19-6-1-2-11(5-7-19)8-16(21)22/h3-4,9,11H,1-2,5-8,10H2,(H,21,22). The van der Waals surface area contributed by atoms with E-state index in [-0.39, 0.29) is 30.6 Å². The topological polar surface area (TPSA) is 66.8 Å². The van der Waals surface area contributed by atoms with Crippen LogP contribution in [0, 0.1) is 17.6 Å². The van der Waals surface area contributed by atoms with Crippen LogP contribution < -0.4 is 4.74 Å². The van der Waals surface area contributed by atoms with Gasteiger partial charge in [-0.1, -0.05) is 0 Å². The fourth-order valence-electron chi connectivity index (χ4n) is 2.69. The van der Waals surface area contributed by atoms with E-state index in [9.17, 15) is 18.4 Å². The lowest BCUT2D eigenvalue weighted by Crippen LogP contribution is -2.35. The fraction of sp³-hybridized carbons (Fsp3) is 0.500. The number of nitrogens with zero attached hydrogens (tertiary/aromatic N) is 1. The van der Waals surface area contributed by atoms with E-state index in [1.54, 1.807) is 4.90 Å². The summed E-state index contributed by atoms with van der Waals surface area (Å²) in [6.45, 7) is 0.669. The minimum Gasteiger partial charge on any atom is -0.481 e. The number of amides is 1. The third-order valence-corrected chi connectivity index (χ3v) is 3.91. The van der Waals surface area contributed by atoms with Gasteiger partial charge in [-0.2, -0.15) is 0 Å². The van der Waals surface area contributed by atoms with E-state index in [4.69, 9.17) is 9.84 Å². The van der Waals surface area contributed by atoms with Crippen LogP contribution in [-0.2, 0) is 9.59 Å². The Morgan fingerprint density at radius 1 is 1.26 bits per heavy atom. The molecule has 1 unspecified atom stereocenters. The Bertz CT molecular complexity index is 579. The molecule has 0 aromatic heterocycles. The van der Waals surface area contributed by atoms with Crippen molar-refractivity contribution in [1.29, 1.82) is 0 Å². The molecule has 1 aromatic rings. The molecule has 0 spiro atoms. The third kappa shape index (κ3) is 5.19. The summed E-state index contributed by atoms with van der Waals surface area (Å²) in [6, 6.07) is 2.90. The number of carbonyl (C=O) groups excluding carboxylic acids is 1. The highest BCUT2D eigenvalue weighted by molar-refractivity contribution is 5.77. The van der Waals surface area contributed by atoms with Gasteiger partial charge in [0.2, 0.25) is 0 Å². The molecule has 1 aliphatic rings. The first kappa shape index (κ1) is 17.2. The van der Waals surface area contributed by atoms with Crippen LogP contribution in [0.5, 0.6) is 5.75 Å². The monoisotopic (exact) mass is 327 g/mol. The van der Waals surface area contributed by atoms with Crippen molar-refractivity contribution in [3.05, 3.63) is 29.8 Å². The Morgan fingerprint density at radius 2 is 2.04 bits per heavy atom. The number of hydrogen-bond acceptors (Lipinski definition) is 3. The van der Waals surface area contributed by atoms with Crippen molar-refractivity contribution < 1.29 is 28.2 Å². The first-order chi connectivity index (χ1) is 11.0. The van der Waals surface area contributed by atoms with Gasteiger partial charge in [0.05, 0.1) is 0 Å². The van der Waals surface area contributed by atoms with Gasteiger partial charge >= 0.3 is 5.97 Å². The molecule has 1 amide bonds. The van der Waals surface area contributed by atoms with E-state index in [1.807, 2.05) is 0 Å². The van der Waals surface area contributed by atoms with Crippen molar-refractivity contribution in [1.82, 2.24) is 4.90 Å². The number of ether oxygens (including phenoxy) is 1. The van der Waals surface area contributed by atoms with Crippen LogP contribution in [0.25, 0.3) is 0 Å². The Morgan fingerprint density at radius 3 is 2.74 bits per heavy atom. The molecule has 1 heterocycles. The maximum Gasteiger partial charge on any atom is 0.303 e. The SMILES string of the molecule is O=C(O)CC1CCCN(C(=O)COc2ccc(F)cc2F)CC1. The van der Waals surface area contributed by atoms with E-state index >= 15 is 0 Å². The van der Waals surface area contributed by atoms with E-state index in [0.29, 0.717) is 25.6 Å². The molecule has 0 saturated carbocycles. The molecule has 1 fully saturated rings. The molecule has 126 valence electrons. The number of aliphatic carboxylic acids is 1. The molecular weight excluding hydrogens is 308 g/mol. The molecule has 1 saturated heterocycles. The van der Waals surface area contributed by atoms with Gasteiger partial charge in [0.1, 0.15) is 5.82 Å². The zero-order valence-corrected chi connectivity index (χ0v) is 12.6. The lowest BCUT2D eigenvalue weighted by atomic mass is 9.97. The normalized spacial score (nSPS) is 18.3. The molecule has 2 rings (SSSR count). The Labute approximate surface area is 132 Å². The quantitative estimate of drug-likeness (QED) is 0.902. The largest absolute Gasteiger partial charge is 0.481 e. The first-order valence-corrected chi connectivity index (χ1v) is 7.53. The van der Waals surface area contributed by atoms with Gasteiger partial charge in [0.15, 0.2) is 18.2 Å². The van der Waals surface area contributed by atoms with Gasteiger partial charge in [-0.05, 0) is 37.3 Å². The van der Waals surface area contributed by atoms with Crippen molar-refractivity contribution in [2.45, 2.75) is 25.7 Å². The summed E-state index contributed by atoms with van der Waals surface area (Å²) in [6.07, 6.45) is 2.24. The van der Waals surface area contributed by atoms with E-state index in [0.717, 1.165) is 25.0 Å². The number of rotatable bonds is 5. The van der Waals surface area contributed by atoms with Gasteiger partial charge in [-0.15, -0.1) is 0 Å². The second kappa shape index (κ2) is 7.89. The molecule has 23 heavy (non-hydrogen) atoms. The van der Waals surface area contributed by atoms with Crippen molar-refractivity contribution in [3.8, 4) is 5.75 Å². The summed E-state index contributed by atoms with van der Waals surface area (Å²) in [5, 5.41) is 8.83. The second-order valence-corrected chi connectivity index (χ2v) is 5.64. The fourth-order valence-corrected chi connectivity index (χ4v) is 2.69. The number of hydrogen-bond donors (Lipinski definition) is 1. The predicted octanol–water partition coefficient (Wildman–Crippen LogP) is 2.45. The molecule has 7 heteroatoms. The van der Waals surface area contributed by atoms with Gasteiger partial charge < -0.3 is 14.7 Å². The lowest BCUT2D eigenvalue weighted by Gasteiger charge is -2.20. The Hall–Kier alpha value is -2.18. The molecule has 1 atom stereocenters. The number of halogens is 2. The summed E-state index contributed by atoms with van der Waals surface area (Å²) in [5.41, 5.74) is 0. The molecule has 1 N–H and O–H groups in total. The van der Waals surface area contributed by atoms with E-state index in [2.05, 4.69) is 0 Å². The van der Waals surface area contributed by atoms with Gasteiger partial charge in [0, 0.05) is 25.6 Å². The number of carboxylic acids is 1. The zero-order valence-electron chi connectivity index (χ0n) is 12.6. The Balaban J connectivity index is 1.84. The zero-order chi connectivity index (χ0) is 16.8. The van der Waals surface area contributed by atoms with Crippen LogP contribution in [-0.4, -0.2) is 41.6 Å². The van der Waals surface area contributed by atoms with Crippen molar-refractivity contribution in [2.24, 2.45) is 5.92 Å². The molecule has 1 aliphatic heterocycles. The van der Waals surface area contributed by atoms with Crippen LogP contribution in [0.4, 0.5) is 8.78 Å². The van der Waals surface area contributed by atoms with Crippen LogP contribution >= 0.6 is 0 Å². The minimum atomic E-state index is -0.852. The van der Waals surface area contributed by atoms with Gasteiger partial charge in [0.25, 0.3) is 5.91 Å². The summed E-state index contributed by atoms with van der Waals surface area (Å²) in [5.74, 6) is -2.78. The smallest absolute Gasteiger partial charge is 0.303 e. The average molecular weight is 327 g/mol. The van der Waals surface area contributed by atoms with Gasteiger partial charge in [-0.3, -0.25) is 9.59 Å². The van der Waals surface area contributed by atoms with Crippen LogP contribution in [0.3, 0.4) is 0 Å². The molecular formula is C16H19F2NO4.